The summed E-state index contributed by atoms with van der Waals surface area (Å²) in [5.74, 6) is 2.59. The number of aliphatic hydroxyl groups is 1. The zero-order valence-corrected chi connectivity index (χ0v) is 19.7. The van der Waals surface area contributed by atoms with Gasteiger partial charge in [-0.05, 0) is 67.6 Å². The average Bonchev–Trinajstić information content (AvgIpc) is 3.18. The molecule has 31 heavy (non-hydrogen) atoms. The topological polar surface area (TPSA) is 55.8 Å². The highest BCUT2D eigenvalue weighted by atomic mass is 16.7. The van der Waals surface area contributed by atoms with Crippen LogP contribution in [0.4, 0.5) is 0 Å². The molecule has 0 amide bonds. The van der Waals surface area contributed by atoms with Crippen LogP contribution in [0.5, 0.6) is 0 Å². The van der Waals surface area contributed by atoms with Crippen LogP contribution in [0.1, 0.15) is 79.1 Å². The molecule has 2 saturated heterocycles. The Morgan fingerprint density at radius 3 is 2.65 bits per heavy atom. The Morgan fingerprint density at radius 1 is 1.10 bits per heavy atom. The molecule has 2 heterocycles. The highest BCUT2D eigenvalue weighted by Crippen LogP contribution is 2.69. The second kappa shape index (κ2) is 6.67. The van der Waals surface area contributed by atoms with Crippen molar-refractivity contribution in [2.45, 2.75) is 97.1 Å². The lowest BCUT2D eigenvalue weighted by Crippen LogP contribution is -2.56. The minimum atomic E-state index is -0.460. The fraction of sp³-hybridized carbons (Fsp3) is 0.889. The first-order chi connectivity index (χ1) is 14.7. The van der Waals surface area contributed by atoms with Crippen molar-refractivity contribution in [3.63, 3.8) is 0 Å². The van der Waals surface area contributed by atoms with E-state index in [9.17, 15) is 9.90 Å². The molecule has 5 fully saturated rings. The number of aliphatic hydroxyl groups excluding tert-OH is 1. The van der Waals surface area contributed by atoms with Gasteiger partial charge in [-0.1, -0.05) is 39.3 Å². The molecule has 0 bridgehead atoms. The number of ketones is 1. The lowest BCUT2D eigenvalue weighted by molar-refractivity contribution is -0.272. The third kappa shape index (κ3) is 2.62. The molecule has 6 rings (SSSR count). The van der Waals surface area contributed by atoms with E-state index in [0.29, 0.717) is 35.9 Å². The summed E-state index contributed by atoms with van der Waals surface area (Å²) in [6.07, 6.45) is 10.0. The number of Topliss-reactive ketones (excluding diaryl/α,β-unsaturated/α-hetero) is 1. The van der Waals surface area contributed by atoms with E-state index in [-0.39, 0.29) is 34.9 Å². The van der Waals surface area contributed by atoms with Gasteiger partial charge in [0.2, 0.25) is 0 Å². The molecule has 4 nitrogen and oxygen atoms in total. The first kappa shape index (κ1) is 20.9. The lowest BCUT2D eigenvalue weighted by atomic mass is 9.46. The number of ether oxygens (including phenoxy) is 2. The molecule has 3 saturated carbocycles. The SMILES string of the molecule is CC1CCC2(OC1)O[C@H]1C[C@H]3[C@@H]4CC=C5C[C@@H](O)CC[C@]5(C)[C@H]4CC(=O)[C@]3(C)[C@H]1[C@@H]2C. The van der Waals surface area contributed by atoms with Crippen LogP contribution < -0.4 is 0 Å². The minimum Gasteiger partial charge on any atom is -0.393 e. The molecule has 2 unspecified atom stereocenters. The van der Waals surface area contributed by atoms with E-state index in [2.05, 4.69) is 33.8 Å². The van der Waals surface area contributed by atoms with Crippen LogP contribution in [0, 0.1) is 46.3 Å². The third-order valence-electron chi connectivity index (χ3n) is 11.2. The summed E-state index contributed by atoms with van der Waals surface area (Å²) in [7, 11) is 0. The number of hydrogen-bond acceptors (Lipinski definition) is 4. The van der Waals surface area contributed by atoms with Crippen molar-refractivity contribution in [3.8, 4) is 0 Å². The van der Waals surface area contributed by atoms with Crippen molar-refractivity contribution in [2.24, 2.45) is 46.3 Å². The first-order valence-corrected chi connectivity index (χ1v) is 12.9. The Morgan fingerprint density at radius 2 is 1.90 bits per heavy atom. The minimum absolute atomic E-state index is 0.0904. The molecular weight excluding hydrogens is 388 g/mol. The van der Waals surface area contributed by atoms with Gasteiger partial charge in [-0.3, -0.25) is 4.79 Å². The van der Waals surface area contributed by atoms with Gasteiger partial charge in [-0.2, -0.15) is 0 Å². The van der Waals surface area contributed by atoms with Gasteiger partial charge in [0, 0.05) is 30.1 Å². The van der Waals surface area contributed by atoms with E-state index in [4.69, 9.17) is 9.47 Å². The number of allylic oxidation sites excluding steroid dienone is 1. The first-order valence-electron chi connectivity index (χ1n) is 12.9. The molecule has 6 aliphatic rings. The quantitative estimate of drug-likeness (QED) is 0.558. The number of hydrogen-bond donors (Lipinski definition) is 1. The maximum absolute atomic E-state index is 14.0. The molecule has 4 aliphatic carbocycles. The van der Waals surface area contributed by atoms with E-state index < -0.39 is 5.79 Å². The van der Waals surface area contributed by atoms with Crippen molar-refractivity contribution in [2.75, 3.05) is 6.61 Å². The normalized spacial score (nSPS) is 58.4. The van der Waals surface area contributed by atoms with E-state index >= 15 is 0 Å². The van der Waals surface area contributed by atoms with Crippen LogP contribution in [0.25, 0.3) is 0 Å². The molecule has 172 valence electrons. The van der Waals surface area contributed by atoms with Crippen molar-refractivity contribution in [3.05, 3.63) is 11.6 Å². The third-order valence-corrected chi connectivity index (χ3v) is 11.2. The smallest absolute Gasteiger partial charge is 0.171 e. The molecule has 4 heteroatoms. The number of carbonyl (C=O) groups is 1. The van der Waals surface area contributed by atoms with Gasteiger partial charge in [-0.25, -0.2) is 0 Å². The largest absolute Gasteiger partial charge is 0.393 e. The molecule has 11 atom stereocenters. The van der Waals surface area contributed by atoms with E-state index in [0.717, 1.165) is 51.6 Å². The van der Waals surface area contributed by atoms with Crippen LogP contribution in [0.3, 0.4) is 0 Å². The predicted molar refractivity (Wildman–Crippen MR) is 118 cm³/mol. The molecule has 1 spiro atoms. The maximum Gasteiger partial charge on any atom is 0.171 e. The number of rotatable bonds is 0. The van der Waals surface area contributed by atoms with Gasteiger partial charge in [-0.15, -0.1) is 0 Å². The maximum atomic E-state index is 14.0. The van der Waals surface area contributed by atoms with E-state index in [1.165, 1.54) is 5.57 Å². The monoisotopic (exact) mass is 428 g/mol. The van der Waals surface area contributed by atoms with Crippen LogP contribution in [0.15, 0.2) is 11.6 Å². The van der Waals surface area contributed by atoms with Gasteiger partial charge >= 0.3 is 0 Å². The summed E-state index contributed by atoms with van der Waals surface area (Å²) in [6.45, 7) is 10.0. The summed E-state index contributed by atoms with van der Waals surface area (Å²) >= 11 is 0. The molecule has 0 radical (unpaired) electrons. The van der Waals surface area contributed by atoms with Crippen LogP contribution in [0.2, 0.25) is 0 Å². The molecular formula is C27H40O4. The predicted octanol–water partition coefficient (Wildman–Crippen LogP) is 4.89. The summed E-state index contributed by atoms with van der Waals surface area (Å²) in [5, 5.41) is 10.2. The summed E-state index contributed by atoms with van der Waals surface area (Å²) in [5.41, 5.74) is 1.24. The van der Waals surface area contributed by atoms with Crippen molar-refractivity contribution >= 4 is 5.78 Å². The number of carbonyl (C=O) groups excluding carboxylic acids is 1. The zero-order chi connectivity index (χ0) is 21.8. The van der Waals surface area contributed by atoms with Gasteiger partial charge in [0.05, 0.1) is 18.8 Å². The molecule has 2 aliphatic heterocycles. The van der Waals surface area contributed by atoms with E-state index in [1.54, 1.807) is 0 Å². The van der Waals surface area contributed by atoms with Gasteiger partial charge in [0.15, 0.2) is 5.79 Å². The average molecular weight is 429 g/mol. The highest BCUT2D eigenvalue weighted by molar-refractivity contribution is 5.87. The second-order valence-electron chi connectivity index (χ2n) is 12.5. The molecule has 0 aromatic heterocycles. The Bertz CT molecular complexity index is 810. The van der Waals surface area contributed by atoms with Crippen LogP contribution in [-0.4, -0.2) is 35.5 Å². The van der Waals surface area contributed by atoms with Crippen molar-refractivity contribution < 1.29 is 19.4 Å². The van der Waals surface area contributed by atoms with Crippen molar-refractivity contribution in [1.82, 2.24) is 0 Å². The lowest BCUT2D eigenvalue weighted by Gasteiger charge is -2.57. The fourth-order valence-corrected chi connectivity index (χ4v) is 9.34. The summed E-state index contributed by atoms with van der Waals surface area (Å²) in [4.78, 5) is 14.0. The number of fused-ring (bicyclic) bond motifs is 7. The highest BCUT2D eigenvalue weighted by Gasteiger charge is 2.71. The Labute approximate surface area is 187 Å². The second-order valence-corrected chi connectivity index (χ2v) is 12.5. The molecule has 1 N–H and O–H groups in total. The van der Waals surface area contributed by atoms with Gasteiger partial charge < -0.3 is 14.6 Å². The zero-order valence-electron chi connectivity index (χ0n) is 19.7. The van der Waals surface area contributed by atoms with Crippen molar-refractivity contribution in [1.29, 1.82) is 0 Å². The standard InChI is InChI=1S/C27H40O4/c1-15-7-10-27(30-14-15)16(2)24-22(31-27)12-21-19-6-5-17-11-18(28)8-9-25(17,3)20(19)13-23(29)26(21,24)4/h5,15-16,18-22,24,28H,6-14H2,1-4H3/t15?,16-,18-,19+,20-,21-,22-,24-,25-,26+,27?/m0/s1. The van der Waals surface area contributed by atoms with Gasteiger partial charge in [0.25, 0.3) is 0 Å². The van der Waals surface area contributed by atoms with Crippen LogP contribution >= 0.6 is 0 Å². The van der Waals surface area contributed by atoms with Gasteiger partial charge in [0.1, 0.15) is 5.78 Å². The summed E-state index contributed by atoms with van der Waals surface area (Å²) in [6, 6.07) is 0. The Hall–Kier alpha value is -0.710. The Balaban J connectivity index is 1.32. The van der Waals surface area contributed by atoms with E-state index in [1.807, 2.05) is 0 Å². The molecule has 0 aromatic carbocycles. The Kier molecular flexibility index (Phi) is 4.49. The fourth-order valence-electron chi connectivity index (χ4n) is 9.34. The van der Waals surface area contributed by atoms with Crippen LogP contribution in [-0.2, 0) is 14.3 Å². The summed E-state index contributed by atoms with van der Waals surface area (Å²) < 4.78 is 13.2. The molecule has 0 aromatic rings.